The Hall–Kier alpha value is -0.0500. The van der Waals surface area contributed by atoms with Gasteiger partial charge in [0.25, 0.3) is 0 Å². The topological polar surface area (TPSA) is 26.3 Å². The number of halogens is 1. The Balaban J connectivity index is 1.93. The molecule has 0 aromatic rings. The van der Waals surface area contributed by atoms with Crippen molar-refractivity contribution in [3.05, 3.63) is 0 Å². The van der Waals surface area contributed by atoms with Crippen LogP contribution in [-0.4, -0.2) is 17.9 Å². The number of rotatable bonds is 4. The predicted molar refractivity (Wildman–Crippen MR) is 46.6 cm³/mol. The van der Waals surface area contributed by atoms with Gasteiger partial charge in [0.1, 0.15) is 0 Å². The molecule has 2 atom stereocenters. The van der Waals surface area contributed by atoms with E-state index in [1.165, 1.54) is 13.3 Å². The van der Waals surface area contributed by atoms with Crippen LogP contribution < -0.4 is 0 Å². The van der Waals surface area contributed by atoms with E-state index in [2.05, 4.69) is 15.9 Å². The maximum absolute atomic E-state index is 10.4. The maximum Gasteiger partial charge on any atom is 0.302 e. The maximum atomic E-state index is 10.4. The lowest BCUT2D eigenvalue weighted by Crippen LogP contribution is -2.01. The predicted octanol–water partition coefficient (Wildman–Crippen LogP) is 1.97. The average molecular weight is 221 g/mol. The summed E-state index contributed by atoms with van der Waals surface area (Å²) in [4.78, 5) is 10.4. The number of ether oxygens (including phenoxy) is 1. The van der Waals surface area contributed by atoms with Crippen molar-refractivity contribution >= 4 is 21.9 Å². The van der Waals surface area contributed by atoms with E-state index >= 15 is 0 Å². The number of carbonyl (C=O) groups excluding carboxylic acids is 1. The van der Waals surface area contributed by atoms with E-state index in [1.807, 2.05) is 0 Å². The molecule has 0 saturated heterocycles. The summed E-state index contributed by atoms with van der Waals surface area (Å²) in [5, 5.41) is 1.09. The Morgan fingerprint density at radius 3 is 2.82 bits per heavy atom. The summed E-state index contributed by atoms with van der Waals surface area (Å²) < 4.78 is 4.83. The van der Waals surface area contributed by atoms with Gasteiger partial charge in [-0.15, -0.1) is 0 Å². The number of alkyl halides is 1. The van der Waals surface area contributed by atoms with Crippen molar-refractivity contribution in [3.63, 3.8) is 0 Å². The number of hydrogen-bond donors (Lipinski definition) is 0. The molecule has 1 fully saturated rings. The monoisotopic (exact) mass is 220 g/mol. The first-order valence-corrected chi connectivity index (χ1v) is 5.05. The van der Waals surface area contributed by atoms with Gasteiger partial charge in [0, 0.05) is 12.3 Å². The molecule has 1 aliphatic carbocycles. The van der Waals surface area contributed by atoms with Gasteiger partial charge in [0.05, 0.1) is 6.61 Å². The number of hydrogen-bond acceptors (Lipinski definition) is 2. The molecular weight excluding hydrogens is 208 g/mol. The molecule has 0 radical (unpaired) electrons. The largest absolute Gasteiger partial charge is 0.466 e. The van der Waals surface area contributed by atoms with Crippen LogP contribution in [0.15, 0.2) is 0 Å². The first-order chi connectivity index (χ1) is 5.24. The second-order valence-electron chi connectivity index (χ2n) is 3.04. The molecule has 64 valence electrons. The summed E-state index contributed by atoms with van der Waals surface area (Å²) in [5.41, 5.74) is 0. The van der Waals surface area contributed by atoms with Gasteiger partial charge >= 0.3 is 5.97 Å². The molecule has 0 bridgehead atoms. The highest BCUT2D eigenvalue weighted by Gasteiger charge is 2.35. The molecule has 1 rings (SSSR count). The van der Waals surface area contributed by atoms with Gasteiger partial charge in [-0.25, -0.2) is 0 Å². The van der Waals surface area contributed by atoms with Gasteiger partial charge in [-0.05, 0) is 24.7 Å². The fourth-order valence-corrected chi connectivity index (χ4v) is 2.00. The zero-order chi connectivity index (χ0) is 8.27. The average Bonchev–Trinajstić information content (AvgIpc) is 2.66. The summed E-state index contributed by atoms with van der Waals surface area (Å²) >= 11 is 3.43. The molecule has 0 amide bonds. The van der Waals surface area contributed by atoms with Gasteiger partial charge < -0.3 is 4.74 Å². The quantitative estimate of drug-likeness (QED) is 0.535. The third kappa shape index (κ3) is 3.23. The summed E-state index contributed by atoms with van der Waals surface area (Å²) in [6.45, 7) is 2.05. The molecule has 0 spiro atoms. The molecule has 1 saturated carbocycles. The zero-order valence-corrected chi connectivity index (χ0v) is 8.26. The van der Waals surface area contributed by atoms with Crippen molar-refractivity contribution in [1.29, 1.82) is 0 Å². The van der Waals surface area contributed by atoms with Crippen LogP contribution >= 0.6 is 15.9 Å². The van der Waals surface area contributed by atoms with Crippen LogP contribution in [0, 0.1) is 11.8 Å². The van der Waals surface area contributed by atoms with Crippen molar-refractivity contribution in [3.8, 4) is 0 Å². The second kappa shape index (κ2) is 4.10. The van der Waals surface area contributed by atoms with Crippen LogP contribution in [-0.2, 0) is 9.53 Å². The number of carbonyl (C=O) groups is 1. The Bertz CT molecular complexity index is 147. The van der Waals surface area contributed by atoms with Crippen molar-refractivity contribution in [2.24, 2.45) is 11.8 Å². The number of esters is 1. The molecule has 0 aliphatic heterocycles. The summed E-state index contributed by atoms with van der Waals surface area (Å²) in [6, 6.07) is 0. The molecule has 0 aromatic heterocycles. The Labute approximate surface area is 75.4 Å². The highest BCUT2D eigenvalue weighted by atomic mass is 79.9. The van der Waals surface area contributed by atoms with E-state index in [0.717, 1.165) is 23.6 Å². The summed E-state index contributed by atoms with van der Waals surface area (Å²) in [6.07, 6.45) is 2.34. The van der Waals surface area contributed by atoms with Crippen LogP contribution in [0.5, 0.6) is 0 Å². The molecule has 0 aromatic carbocycles. The molecule has 2 unspecified atom stereocenters. The standard InChI is InChI=1S/C8H13BrO2/c1-6(10)11-3-2-7-4-8(7)5-9/h7-8H,2-5H2,1H3. The van der Waals surface area contributed by atoms with E-state index < -0.39 is 0 Å². The van der Waals surface area contributed by atoms with E-state index in [0.29, 0.717) is 6.61 Å². The minimum atomic E-state index is -0.166. The lowest BCUT2D eigenvalue weighted by molar-refractivity contribution is -0.141. The Kier molecular flexibility index (Phi) is 3.37. The minimum absolute atomic E-state index is 0.166. The highest BCUT2D eigenvalue weighted by Crippen LogP contribution is 2.42. The second-order valence-corrected chi connectivity index (χ2v) is 3.69. The molecule has 2 nitrogen and oxygen atoms in total. The van der Waals surface area contributed by atoms with E-state index in [1.54, 1.807) is 0 Å². The van der Waals surface area contributed by atoms with Crippen molar-refractivity contribution in [1.82, 2.24) is 0 Å². The van der Waals surface area contributed by atoms with Crippen LogP contribution in [0.4, 0.5) is 0 Å². The minimum Gasteiger partial charge on any atom is -0.466 e. The van der Waals surface area contributed by atoms with E-state index in [9.17, 15) is 4.79 Å². The lowest BCUT2D eigenvalue weighted by Gasteiger charge is -1.99. The van der Waals surface area contributed by atoms with Crippen LogP contribution in [0.2, 0.25) is 0 Å². The van der Waals surface area contributed by atoms with Gasteiger partial charge in [-0.2, -0.15) is 0 Å². The Morgan fingerprint density at radius 1 is 1.64 bits per heavy atom. The molecule has 1 aliphatic rings. The smallest absolute Gasteiger partial charge is 0.302 e. The molecule has 0 N–H and O–H groups in total. The SMILES string of the molecule is CC(=O)OCCC1CC1CBr. The van der Waals surface area contributed by atoms with Gasteiger partial charge in [0.2, 0.25) is 0 Å². The molecule has 3 heteroatoms. The zero-order valence-electron chi connectivity index (χ0n) is 6.68. The normalized spacial score (nSPS) is 28.2. The third-order valence-electron chi connectivity index (χ3n) is 2.06. The lowest BCUT2D eigenvalue weighted by atomic mass is 10.2. The summed E-state index contributed by atoms with van der Waals surface area (Å²) in [7, 11) is 0. The fourth-order valence-electron chi connectivity index (χ4n) is 1.21. The Morgan fingerprint density at radius 2 is 2.36 bits per heavy atom. The molecule has 11 heavy (non-hydrogen) atoms. The van der Waals surface area contributed by atoms with Gasteiger partial charge in [-0.1, -0.05) is 15.9 Å². The molecular formula is C8H13BrO2. The van der Waals surface area contributed by atoms with E-state index in [-0.39, 0.29) is 5.97 Å². The summed E-state index contributed by atoms with van der Waals surface area (Å²) in [5.74, 6) is 1.47. The van der Waals surface area contributed by atoms with E-state index in [4.69, 9.17) is 4.74 Å². The molecule has 0 heterocycles. The van der Waals surface area contributed by atoms with Crippen molar-refractivity contribution in [2.75, 3.05) is 11.9 Å². The van der Waals surface area contributed by atoms with Crippen molar-refractivity contribution < 1.29 is 9.53 Å². The third-order valence-corrected chi connectivity index (χ3v) is 2.89. The van der Waals surface area contributed by atoms with Crippen LogP contribution in [0.25, 0.3) is 0 Å². The first-order valence-electron chi connectivity index (χ1n) is 3.93. The van der Waals surface area contributed by atoms with Crippen molar-refractivity contribution in [2.45, 2.75) is 19.8 Å². The first kappa shape index (κ1) is 9.04. The van der Waals surface area contributed by atoms with Crippen LogP contribution in [0.3, 0.4) is 0 Å². The van der Waals surface area contributed by atoms with Gasteiger partial charge in [-0.3, -0.25) is 4.79 Å². The highest BCUT2D eigenvalue weighted by molar-refractivity contribution is 9.09. The van der Waals surface area contributed by atoms with Gasteiger partial charge in [0.15, 0.2) is 0 Å². The van der Waals surface area contributed by atoms with Crippen LogP contribution in [0.1, 0.15) is 19.8 Å². The fraction of sp³-hybridized carbons (Fsp3) is 0.875.